The minimum absolute atomic E-state index is 0.219. The van der Waals surface area contributed by atoms with Crippen LogP contribution in [0.3, 0.4) is 0 Å². The van der Waals surface area contributed by atoms with Gasteiger partial charge in [0.1, 0.15) is 0 Å². The van der Waals surface area contributed by atoms with Crippen LogP contribution >= 0.6 is 15.9 Å². The average molecular weight is 329 g/mol. The van der Waals surface area contributed by atoms with Gasteiger partial charge in [0.2, 0.25) is 0 Å². The fourth-order valence-electron chi connectivity index (χ4n) is 2.08. The van der Waals surface area contributed by atoms with E-state index in [9.17, 15) is 13.2 Å². The summed E-state index contributed by atoms with van der Waals surface area (Å²) in [6, 6.07) is 13.3. The Bertz CT molecular complexity index is 559. The lowest BCUT2D eigenvalue weighted by Crippen LogP contribution is -2.11. The standard InChI is InChI=1S/C15H12BrF3/c1-10(16)12-8-5-9-13(14(12)15(17,18)19)11-6-3-2-4-7-11/h2-10H,1H3. The van der Waals surface area contributed by atoms with Crippen LogP contribution in [-0.2, 0) is 6.18 Å². The van der Waals surface area contributed by atoms with Gasteiger partial charge < -0.3 is 0 Å². The first-order valence-corrected chi connectivity index (χ1v) is 6.72. The van der Waals surface area contributed by atoms with Crippen LogP contribution in [-0.4, -0.2) is 0 Å². The molecule has 0 nitrogen and oxygen atoms in total. The maximum absolute atomic E-state index is 13.3. The highest BCUT2D eigenvalue weighted by molar-refractivity contribution is 9.09. The van der Waals surface area contributed by atoms with Crippen molar-refractivity contribution >= 4 is 15.9 Å². The molecule has 0 aliphatic rings. The average Bonchev–Trinajstić information content (AvgIpc) is 2.38. The topological polar surface area (TPSA) is 0 Å². The predicted molar refractivity (Wildman–Crippen MR) is 74.2 cm³/mol. The first kappa shape index (κ1) is 14.1. The van der Waals surface area contributed by atoms with E-state index in [4.69, 9.17) is 0 Å². The minimum atomic E-state index is -4.37. The van der Waals surface area contributed by atoms with E-state index in [0.29, 0.717) is 5.56 Å². The van der Waals surface area contributed by atoms with Gasteiger partial charge in [0, 0.05) is 4.83 Å². The smallest absolute Gasteiger partial charge is 0.166 e. The second-order valence-corrected chi connectivity index (χ2v) is 5.62. The van der Waals surface area contributed by atoms with Crippen LogP contribution in [0.1, 0.15) is 22.9 Å². The zero-order valence-corrected chi connectivity index (χ0v) is 11.8. The van der Waals surface area contributed by atoms with E-state index in [2.05, 4.69) is 15.9 Å². The van der Waals surface area contributed by atoms with E-state index < -0.39 is 11.7 Å². The molecule has 2 aromatic carbocycles. The Balaban J connectivity index is 2.72. The number of hydrogen-bond donors (Lipinski definition) is 0. The van der Waals surface area contributed by atoms with Gasteiger partial charge in [0.15, 0.2) is 0 Å². The molecule has 2 rings (SSSR count). The first-order chi connectivity index (χ1) is 8.91. The van der Waals surface area contributed by atoms with Gasteiger partial charge in [-0.3, -0.25) is 0 Å². The fraction of sp³-hybridized carbons (Fsp3) is 0.200. The van der Waals surface area contributed by atoms with Crippen LogP contribution in [0.4, 0.5) is 13.2 Å². The summed E-state index contributed by atoms with van der Waals surface area (Å²) in [5.74, 6) is 0. The maximum atomic E-state index is 13.3. The summed E-state index contributed by atoms with van der Waals surface area (Å²) < 4.78 is 40.0. The predicted octanol–water partition coefficient (Wildman–Crippen LogP) is 5.83. The van der Waals surface area contributed by atoms with Gasteiger partial charge in [-0.1, -0.05) is 64.5 Å². The normalized spacial score (nSPS) is 13.3. The molecule has 0 fully saturated rings. The Labute approximate surface area is 118 Å². The number of rotatable bonds is 2. The van der Waals surface area contributed by atoms with Gasteiger partial charge in [0.05, 0.1) is 5.56 Å². The summed E-state index contributed by atoms with van der Waals surface area (Å²) in [7, 11) is 0. The van der Waals surface area contributed by atoms with Crippen molar-refractivity contribution in [3.63, 3.8) is 0 Å². The summed E-state index contributed by atoms with van der Waals surface area (Å²) in [6.07, 6.45) is -4.37. The molecule has 19 heavy (non-hydrogen) atoms. The highest BCUT2D eigenvalue weighted by Gasteiger charge is 2.37. The summed E-state index contributed by atoms with van der Waals surface area (Å²) in [5, 5.41) is 0. The summed E-state index contributed by atoms with van der Waals surface area (Å²) >= 11 is 3.23. The third-order valence-corrected chi connectivity index (χ3v) is 3.39. The number of hydrogen-bond acceptors (Lipinski definition) is 0. The number of alkyl halides is 4. The summed E-state index contributed by atoms with van der Waals surface area (Å²) in [4.78, 5) is -0.354. The van der Waals surface area contributed by atoms with Crippen molar-refractivity contribution in [3.05, 3.63) is 59.7 Å². The van der Waals surface area contributed by atoms with Gasteiger partial charge in [0.25, 0.3) is 0 Å². The lowest BCUT2D eigenvalue weighted by molar-refractivity contribution is -0.137. The van der Waals surface area contributed by atoms with E-state index in [1.54, 1.807) is 43.3 Å². The van der Waals surface area contributed by atoms with Gasteiger partial charge in [-0.15, -0.1) is 0 Å². The molecule has 0 aromatic heterocycles. The van der Waals surface area contributed by atoms with Crippen LogP contribution in [0.5, 0.6) is 0 Å². The van der Waals surface area contributed by atoms with Crippen LogP contribution < -0.4 is 0 Å². The molecule has 100 valence electrons. The molecule has 0 N–H and O–H groups in total. The monoisotopic (exact) mass is 328 g/mol. The minimum Gasteiger partial charge on any atom is -0.166 e. The third kappa shape index (κ3) is 3.00. The molecule has 0 saturated heterocycles. The van der Waals surface area contributed by atoms with Crippen molar-refractivity contribution < 1.29 is 13.2 Å². The van der Waals surface area contributed by atoms with E-state index in [1.807, 2.05) is 0 Å². The highest BCUT2D eigenvalue weighted by atomic mass is 79.9. The Hall–Kier alpha value is -1.29. The number of benzene rings is 2. The third-order valence-electron chi connectivity index (χ3n) is 2.89. The fourth-order valence-corrected chi connectivity index (χ4v) is 2.46. The molecule has 0 heterocycles. The molecule has 0 spiro atoms. The summed E-state index contributed by atoms with van der Waals surface area (Å²) in [5.41, 5.74) is 0.487. The molecule has 0 aliphatic carbocycles. The Morgan fingerprint density at radius 1 is 0.947 bits per heavy atom. The van der Waals surface area contributed by atoms with Crippen molar-refractivity contribution in [3.8, 4) is 11.1 Å². The van der Waals surface area contributed by atoms with Crippen LogP contribution in [0.25, 0.3) is 11.1 Å². The van der Waals surface area contributed by atoms with E-state index in [-0.39, 0.29) is 16.0 Å². The van der Waals surface area contributed by atoms with Gasteiger partial charge >= 0.3 is 6.18 Å². The molecular weight excluding hydrogens is 317 g/mol. The Kier molecular flexibility index (Phi) is 3.99. The van der Waals surface area contributed by atoms with Crippen molar-refractivity contribution in [2.45, 2.75) is 17.9 Å². The molecular formula is C15H12BrF3. The second kappa shape index (κ2) is 5.37. The van der Waals surface area contributed by atoms with Crippen molar-refractivity contribution in [2.24, 2.45) is 0 Å². The van der Waals surface area contributed by atoms with Crippen LogP contribution in [0.2, 0.25) is 0 Å². The van der Waals surface area contributed by atoms with Crippen molar-refractivity contribution in [1.82, 2.24) is 0 Å². The van der Waals surface area contributed by atoms with E-state index >= 15 is 0 Å². The molecule has 0 bridgehead atoms. The quantitative estimate of drug-likeness (QED) is 0.608. The number of halogens is 4. The van der Waals surface area contributed by atoms with Crippen molar-refractivity contribution in [1.29, 1.82) is 0 Å². The molecule has 2 aromatic rings. The zero-order valence-electron chi connectivity index (χ0n) is 10.2. The Morgan fingerprint density at radius 3 is 2.11 bits per heavy atom. The zero-order chi connectivity index (χ0) is 14.0. The molecule has 0 saturated carbocycles. The Morgan fingerprint density at radius 2 is 1.58 bits per heavy atom. The lowest BCUT2D eigenvalue weighted by atomic mass is 9.94. The SMILES string of the molecule is CC(Br)c1cccc(-c2ccccc2)c1C(F)(F)F. The molecule has 0 amide bonds. The molecule has 4 heteroatoms. The largest absolute Gasteiger partial charge is 0.417 e. The van der Waals surface area contributed by atoms with Crippen LogP contribution in [0, 0.1) is 0 Å². The van der Waals surface area contributed by atoms with Gasteiger partial charge in [-0.05, 0) is 23.6 Å². The van der Waals surface area contributed by atoms with Gasteiger partial charge in [-0.2, -0.15) is 13.2 Å². The van der Waals surface area contributed by atoms with Gasteiger partial charge in [-0.25, -0.2) is 0 Å². The maximum Gasteiger partial charge on any atom is 0.417 e. The first-order valence-electron chi connectivity index (χ1n) is 5.81. The molecule has 1 atom stereocenters. The molecule has 0 aliphatic heterocycles. The summed E-state index contributed by atoms with van der Waals surface area (Å²) in [6.45, 7) is 1.69. The highest BCUT2D eigenvalue weighted by Crippen LogP contribution is 2.42. The van der Waals surface area contributed by atoms with E-state index in [0.717, 1.165) is 0 Å². The second-order valence-electron chi connectivity index (χ2n) is 4.25. The van der Waals surface area contributed by atoms with Crippen molar-refractivity contribution in [2.75, 3.05) is 0 Å². The van der Waals surface area contributed by atoms with Crippen LogP contribution in [0.15, 0.2) is 48.5 Å². The lowest BCUT2D eigenvalue weighted by Gasteiger charge is -2.19. The van der Waals surface area contributed by atoms with E-state index in [1.165, 1.54) is 12.1 Å². The molecule has 0 radical (unpaired) electrons. The molecule has 1 unspecified atom stereocenters.